The van der Waals surface area contributed by atoms with Crippen molar-refractivity contribution in [2.24, 2.45) is 15.3 Å². The molecule has 27 heavy (non-hydrogen) atoms. The van der Waals surface area contributed by atoms with Crippen LogP contribution in [0.1, 0.15) is 6.92 Å². The maximum absolute atomic E-state index is 12.7. The van der Waals surface area contributed by atoms with E-state index in [-0.39, 0.29) is 5.91 Å². The Morgan fingerprint density at radius 2 is 1.85 bits per heavy atom. The molecule has 3 aromatic rings. The molecule has 0 N–H and O–H groups in total. The Morgan fingerprint density at radius 3 is 2.59 bits per heavy atom. The van der Waals surface area contributed by atoms with Crippen molar-refractivity contribution in [2.75, 3.05) is 5.01 Å². The zero-order valence-corrected chi connectivity index (χ0v) is 16.7. The van der Waals surface area contributed by atoms with Gasteiger partial charge in [-0.2, -0.15) is 20.3 Å². The first kappa shape index (κ1) is 17.7. The molecule has 0 saturated heterocycles. The number of carbonyl (C=O) groups is 1. The Kier molecular flexibility index (Phi) is 4.91. The number of carbonyl (C=O) groups excluding carboxylic acids is 1. The number of amides is 1. The maximum atomic E-state index is 12.7. The molecule has 1 aromatic heterocycles. The Labute approximate surface area is 168 Å². The van der Waals surface area contributed by atoms with Gasteiger partial charge in [0, 0.05) is 15.4 Å². The van der Waals surface area contributed by atoms with Crippen LogP contribution in [0.25, 0.3) is 11.3 Å². The number of benzene rings is 2. The molecule has 0 saturated carbocycles. The number of azo groups is 1. The third-order valence-corrected chi connectivity index (χ3v) is 5.30. The number of aromatic nitrogens is 1. The van der Waals surface area contributed by atoms with Crippen molar-refractivity contribution >= 4 is 49.7 Å². The first-order chi connectivity index (χ1) is 13.1. The molecular weight excluding hydrogens is 426 g/mol. The molecule has 0 unspecified atom stereocenters. The molecule has 8 heteroatoms. The summed E-state index contributed by atoms with van der Waals surface area (Å²) in [7, 11) is 0. The Bertz CT molecular complexity index is 1030. The van der Waals surface area contributed by atoms with Crippen molar-refractivity contribution in [3.8, 4) is 11.3 Å². The van der Waals surface area contributed by atoms with Crippen molar-refractivity contribution in [1.82, 2.24) is 4.98 Å². The van der Waals surface area contributed by atoms with Crippen molar-refractivity contribution in [3.05, 3.63) is 64.5 Å². The van der Waals surface area contributed by atoms with Crippen molar-refractivity contribution < 1.29 is 4.79 Å². The Balaban J connectivity index is 1.55. The van der Waals surface area contributed by atoms with E-state index < -0.39 is 6.04 Å². The molecule has 134 valence electrons. The molecule has 6 nitrogen and oxygen atoms in total. The summed E-state index contributed by atoms with van der Waals surface area (Å²) in [5.41, 5.74) is 3.08. The van der Waals surface area contributed by atoms with Crippen LogP contribution in [0.4, 0.5) is 10.8 Å². The third kappa shape index (κ3) is 3.72. The molecule has 0 spiro atoms. The smallest absolute Gasteiger partial charge is 0.269 e. The number of hydrogen-bond donors (Lipinski definition) is 0. The summed E-state index contributed by atoms with van der Waals surface area (Å²) in [5.74, 6) is -0.246. The van der Waals surface area contributed by atoms with Gasteiger partial charge in [-0.1, -0.05) is 46.3 Å². The quantitative estimate of drug-likeness (QED) is 0.507. The third-order valence-electron chi connectivity index (χ3n) is 3.95. The normalized spacial score (nSPS) is 17.0. The minimum absolute atomic E-state index is 0.246. The average molecular weight is 440 g/mol. The number of thiazole rings is 1. The lowest BCUT2D eigenvalue weighted by Gasteiger charge is -2.08. The summed E-state index contributed by atoms with van der Waals surface area (Å²) < 4.78 is 1.00. The van der Waals surface area contributed by atoms with E-state index in [1.54, 1.807) is 6.92 Å². The van der Waals surface area contributed by atoms with Crippen LogP contribution in [0, 0.1) is 0 Å². The van der Waals surface area contributed by atoms with Gasteiger partial charge >= 0.3 is 0 Å². The molecule has 0 radical (unpaired) electrons. The van der Waals surface area contributed by atoms with Gasteiger partial charge in [-0.05, 0) is 31.2 Å². The van der Waals surface area contributed by atoms with E-state index >= 15 is 0 Å². The predicted octanol–water partition coefficient (Wildman–Crippen LogP) is 5.45. The van der Waals surface area contributed by atoms with E-state index in [9.17, 15) is 4.79 Å². The second-order valence-corrected chi connectivity index (χ2v) is 7.62. The van der Waals surface area contributed by atoms with Crippen LogP contribution in [0.15, 0.2) is 79.8 Å². The van der Waals surface area contributed by atoms with Crippen molar-refractivity contribution in [1.29, 1.82) is 0 Å². The van der Waals surface area contributed by atoms with Gasteiger partial charge in [0.05, 0.1) is 17.1 Å². The average Bonchev–Trinajstić information content (AvgIpc) is 3.27. The SMILES string of the molecule is CC1=NN(c2nc(-c3ccc(Br)cc3)cs2)C(=O)[C@@H]1N=Nc1ccccc1. The molecule has 1 aliphatic rings. The molecule has 1 atom stereocenters. The van der Waals surface area contributed by atoms with Crippen LogP contribution in [0.2, 0.25) is 0 Å². The highest BCUT2D eigenvalue weighted by atomic mass is 79.9. The van der Waals surface area contributed by atoms with E-state index in [2.05, 4.69) is 36.2 Å². The van der Waals surface area contributed by atoms with Crippen molar-refractivity contribution in [2.45, 2.75) is 13.0 Å². The van der Waals surface area contributed by atoms with Gasteiger partial charge in [0.25, 0.3) is 5.91 Å². The molecule has 0 bridgehead atoms. The highest BCUT2D eigenvalue weighted by molar-refractivity contribution is 9.10. The highest BCUT2D eigenvalue weighted by Crippen LogP contribution is 2.31. The topological polar surface area (TPSA) is 70.3 Å². The van der Waals surface area contributed by atoms with Gasteiger partial charge in [0.1, 0.15) is 0 Å². The van der Waals surface area contributed by atoms with Crippen LogP contribution in [0.3, 0.4) is 0 Å². The molecule has 4 rings (SSSR count). The molecule has 2 aromatic carbocycles. The minimum atomic E-state index is -0.717. The summed E-state index contributed by atoms with van der Waals surface area (Å²) >= 11 is 4.79. The second-order valence-electron chi connectivity index (χ2n) is 5.87. The minimum Gasteiger partial charge on any atom is -0.269 e. The number of anilines is 1. The number of nitrogens with zero attached hydrogens (tertiary/aromatic N) is 5. The van der Waals surface area contributed by atoms with E-state index in [4.69, 9.17) is 0 Å². The summed E-state index contributed by atoms with van der Waals surface area (Å²) in [6, 6.07) is 16.5. The van der Waals surface area contributed by atoms with Crippen LogP contribution in [0.5, 0.6) is 0 Å². The fourth-order valence-electron chi connectivity index (χ4n) is 2.56. The largest absolute Gasteiger partial charge is 0.282 e. The summed E-state index contributed by atoms with van der Waals surface area (Å²) in [4.78, 5) is 17.3. The standard InChI is InChI=1S/C19H14BrN5OS/c1-12-17(23-22-15-5-3-2-4-6-15)18(26)25(24-12)19-21-16(11-27-19)13-7-9-14(20)10-8-13/h2-11,17H,1H3/t17-/m1/s1. The zero-order valence-electron chi connectivity index (χ0n) is 14.3. The van der Waals surface area contributed by atoms with E-state index in [1.807, 2.05) is 60.0 Å². The fraction of sp³-hybridized carbons (Fsp3) is 0.105. The first-order valence-electron chi connectivity index (χ1n) is 8.18. The molecule has 0 fully saturated rings. The monoisotopic (exact) mass is 439 g/mol. The lowest BCUT2D eigenvalue weighted by molar-refractivity contribution is -0.117. The predicted molar refractivity (Wildman–Crippen MR) is 111 cm³/mol. The van der Waals surface area contributed by atoms with Gasteiger partial charge in [0.2, 0.25) is 5.13 Å². The summed E-state index contributed by atoms with van der Waals surface area (Å²) in [6.45, 7) is 1.77. The van der Waals surface area contributed by atoms with Gasteiger partial charge in [-0.15, -0.1) is 11.3 Å². The molecule has 1 aliphatic heterocycles. The molecule has 2 heterocycles. The maximum Gasteiger partial charge on any atom is 0.282 e. The van der Waals surface area contributed by atoms with E-state index in [0.29, 0.717) is 16.5 Å². The van der Waals surface area contributed by atoms with Gasteiger partial charge in [-0.25, -0.2) is 4.98 Å². The molecule has 1 amide bonds. The fourth-order valence-corrected chi connectivity index (χ4v) is 3.61. The number of halogens is 1. The molecule has 0 aliphatic carbocycles. The van der Waals surface area contributed by atoms with Crippen LogP contribution in [-0.2, 0) is 4.79 Å². The van der Waals surface area contributed by atoms with Crippen LogP contribution < -0.4 is 5.01 Å². The van der Waals surface area contributed by atoms with Gasteiger partial charge in [0.15, 0.2) is 6.04 Å². The summed E-state index contributed by atoms with van der Waals surface area (Å²) in [6.07, 6.45) is 0. The first-order valence-corrected chi connectivity index (χ1v) is 9.85. The van der Waals surface area contributed by atoms with Crippen LogP contribution in [-0.4, -0.2) is 22.6 Å². The number of hydrazone groups is 1. The van der Waals surface area contributed by atoms with E-state index in [1.165, 1.54) is 16.3 Å². The molecular formula is C19H14BrN5OS. The number of hydrogen-bond acceptors (Lipinski definition) is 6. The van der Waals surface area contributed by atoms with Crippen molar-refractivity contribution in [3.63, 3.8) is 0 Å². The Hall–Kier alpha value is -2.71. The van der Waals surface area contributed by atoms with Gasteiger partial charge < -0.3 is 0 Å². The zero-order chi connectivity index (χ0) is 18.8. The lowest BCUT2D eigenvalue weighted by atomic mass is 10.2. The van der Waals surface area contributed by atoms with Crippen LogP contribution >= 0.6 is 27.3 Å². The number of rotatable bonds is 4. The second kappa shape index (κ2) is 7.50. The van der Waals surface area contributed by atoms with Gasteiger partial charge in [-0.3, -0.25) is 4.79 Å². The highest BCUT2D eigenvalue weighted by Gasteiger charge is 2.36. The summed E-state index contributed by atoms with van der Waals surface area (Å²) in [5, 5.41) is 16.4. The lowest BCUT2D eigenvalue weighted by Crippen LogP contribution is -2.29. The van der Waals surface area contributed by atoms with E-state index in [0.717, 1.165) is 15.7 Å². The Morgan fingerprint density at radius 1 is 1.11 bits per heavy atom.